The third-order valence-electron chi connectivity index (χ3n) is 11.5. The number of aliphatic hydroxyl groups excluding tert-OH is 1. The number of carboxylic acids is 1. The number of hydrogen-bond donors (Lipinski definition) is 3. The van der Waals surface area contributed by atoms with E-state index in [9.17, 15) is 34.5 Å². The van der Waals surface area contributed by atoms with E-state index < -0.39 is 56.6 Å². The van der Waals surface area contributed by atoms with E-state index in [1.54, 1.807) is 13.0 Å². The molecule has 38 heavy (non-hydrogen) atoms. The summed E-state index contributed by atoms with van der Waals surface area (Å²) in [6.45, 7) is 12.5. The number of hydrogen-bond acceptors (Lipinski definition) is 7. The van der Waals surface area contributed by atoms with Gasteiger partial charge in [-0.2, -0.15) is 0 Å². The fraction of sp³-hybridized carbons (Fsp3) is 0.733. The molecule has 0 bridgehead atoms. The second kappa shape index (κ2) is 7.73. The van der Waals surface area contributed by atoms with Gasteiger partial charge in [-0.25, -0.2) is 0 Å². The van der Waals surface area contributed by atoms with Crippen molar-refractivity contribution in [1.29, 1.82) is 0 Å². The predicted molar refractivity (Wildman–Crippen MR) is 137 cm³/mol. The first-order chi connectivity index (χ1) is 17.3. The maximum absolute atomic E-state index is 14.2. The summed E-state index contributed by atoms with van der Waals surface area (Å²) in [5, 5.41) is 32.5. The number of ketones is 3. The van der Waals surface area contributed by atoms with Crippen LogP contribution in [0.2, 0.25) is 0 Å². The van der Waals surface area contributed by atoms with Crippen molar-refractivity contribution >= 4 is 23.3 Å². The number of fused-ring (bicyclic) bond motifs is 3. The molecule has 1 heterocycles. The van der Waals surface area contributed by atoms with Crippen molar-refractivity contribution in [1.82, 2.24) is 0 Å². The lowest BCUT2D eigenvalue weighted by molar-refractivity contribution is -0.147. The van der Waals surface area contributed by atoms with Crippen molar-refractivity contribution in [3.8, 4) is 0 Å². The quantitative estimate of drug-likeness (QED) is 0.353. The molecule has 8 nitrogen and oxygen atoms in total. The standard InChI is InChI=1S/C30H40O8/c1-15(24(35)36)10-16(31)14-27(5,37)19-12-22(34)29(7)28(19,6)21(33)11-18-26(4)9-8-20(32)25(2,3)17(26)13-23-30(18,29)38-23/h11-12,15,17,22-23,34,37H,8-10,13-14H2,1-7H3,(H,35,36)/t15?,17-,22-,23+,26-,27+,28-,29+,30-/m0/s1. The zero-order chi connectivity index (χ0) is 28.4. The van der Waals surface area contributed by atoms with Crippen LogP contribution in [0.15, 0.2) is 23.3 Å². The Morgan fingerprint density at radius 2 is 1.82 bits per heavy atom. The van der Waals surface area contributed by atoms with Crippen molar-refractivity contribution in [3.63, 3.8) is 0 Å². The number of carbonyl (C=O) groups excluding carboxylic acids is 3. The van der Waals surface area contributed by atoms with E-state index in [4.69, 9.17) is 4.74 Å². The summed E-state index contributed by atoms with van der Waals surface area (Å²) in [7, 11) is 0. The van der Waals surface area contributed by atoms with Crippen LogP contribution in [0.25, 0.3) is 0 Å². The van der Waals surface area contributed by atoms with Gasteiger partial charge in [0, 0.05) is 30.1 Å². The molecule has 2 saturated carbocycles. The molecule has 5 aliphatic rings. The van der Waals surface area contributed by atoms with Gasteiger partial charge in [-0.1, -0.05) is 40.7 Å². The highest BCUT2D eigenvalue weighted by atomic mass is 16.6. The van der Waals surface area contributed by atoms with Crippen LogP contribution in [0.5, 0.6) is 0 Å². The van der Waals surface area contributed by atoms with E-state index in [2.05, 4.69) is 6.92 Å². The van der Waals surface area contributed by atoms with E-state index in [0.717, 1.165) is 5.57 Å². The van der Waals surface area contributed by atoms with Crippen molar-refractivity contribution in [2.45, 2.75) is 104 Å². The molecule has 4 aliphatic carbocycles. The molecule has 1 aliphatic heterocycles. The Labute approximate surface area is 223 Å². The van der Waals surface area contributed by atoms with E-state index in [0.29, 0.717) is 19.3 Å². The predicted octanol–water partition coefficient (Wildman–Crippen LogP) is 3.18. The van der Waals surface area contributed by atoms with Crippen LogP contribution in [0.1, 0.15) is 80.6 Å². The second-order valence-corrected chi connectivity index (χ2v) is 13.9. The minimum absolute atomic E-state index is 0.00758. The molecule has 0 aromatic carbocycles. The fourth-order valence-electron chi connectivity index (χ4n) is 9.05. The molecular weight excluding hydrogens is 488 g/mol. The molecule has 1 saturated heterocycles. The summed E-state index contributed by atoms with van der Waals surface area (Å²) in [5.41, 5.74) is -5.09. The molecule has 0 radical (unpaired) electrons. The zero-order valence-electron chi connectivity index (χ0n) is 23.4. The highest BCUT2D eigenvalue weighted by Gasteiger charge is 2.85. The topological polar surface area (TPSA) is 141 Å². The number of epoxide rings is 1. The summed E-state index contributed by atoms with van der Waals surface area (Å²) in [5.74, 6) is -2.48. The zero-order valence-corrected chi connectivity index (χ0v) is 23.4. The van der Waals surface area contributed by atoms with Crippen molar-refractivity contribution in [3.05, 3.63) is 23.3 Å². The lowest BCUT2D eigenvalue weighted by Crippen LogP contribution is -2.66. The van der Waals surface area contributed by atoms with Gasteiger partial charge >= 0.3 is 5.97 Å². The Morgan fingerprint density at radius 1 is 1.18 bits per heavy atom. The molecule has 0 amide bonds. The van der Waals surface area contributed by atoms with E-state index >= 15 is 0 Å². The van der Waals surface area contributed by atoms with Crippen LogP contribution in [0.3, 0.4) is 0 Å². The van der Waals surface area contributed by atoms with Gasteiger partial charge in [0.15, 0.2) is 5.78 Å². The van der Waals surface area contributed by atoms with E-state index in [1.807, 2.05) is 20.8 Å². The number of aliphatic hydroxyl groups is 2. The molecule has 0 aromatic heterocycles. The normalized spacial score (nSPS) is 44.9. The van der Waals surface area contributed by atoms with Gasteiger partial charge < -0.3 is 20.1 Å². The van der Waals surface area contributed by atoms with Crippen LogP contribution >= 0.6 is 0 Å². The van der Waals surface area contributed by atoms with Crippen molar-refractivity contribution in [2.75, 3.05) is 0 Å². The van der Waals surface area contributed by atoms with Gasteiger partial charge in [0.05, 0.1) is 29.1 Å². The summed E-state index contributed by atoms with van der Waals surface area (Å²) in [4.78, 5) is 51.1. The van der Waals surface area contributed by atoms with Gasteiger partial charge in [-0.15, -0.1) is 0 Å². The van der Waals surface area contributed by atoms with Gasteiger partial charge in [-0.3, -0.25) is 19.2 Å². The van der Waals surface area contributed by atoms with Crippen LogP contribution in [0.4, 0.5) is 0 Å². The van der Waals surface area contributed by atoms with Crippen LogP contribution in [0, 0.1) is 33.5 Å². The lowest BCUT2D eigenvalue weighted by Gasteiger charge is -2.60. The number of carbonyl (C=O) groups is 4. The number of rotatable bonds is 6. The molecular formula is C30H40O8. The highest BCUT2D eigenvalue weighted by Crippen LogP contribution is 2.78. The third kappa shape index (κ3) is 3.02. The molecule has 1 unspecified atom stereocenters. The lowest BCUT2D eigenvalue weighted by atomic mass is 9.40. The molecule has 3 N–H and O–H groups in total. The third-order valence-corrected chi connectivity index (χ3v) is 11.5. The molecule has 9 atom stereocenters. The van der Waals surface area contributed by atoms with Crippen LogP contribution in [-0.2, 0) is 23.9 Å². The SMILES string of the molecule is CC(CC(=O)C[C@@](C)(O)C1=C[C@H](O)[C@]2(C)[C@]1(C)C(=O)C=C1[C@@]3(C)CCC(=O)C(C)(C)[C@@H]3C[C@H]3O[C@@]132)C(=O)O. The first-order valence-corrected chi connectivity index (χ1v) is 13.7. The van der Waals surface area contributed by atoms with Crippen LogP contribution in [-0.4, -0.2) is 62.0 Å². The Kier molecular flexibility index (Phi) is 5.58. The molecule has 0 aromatic rings. The first kappa shape index (κ1) is 27.4. The Balaban J connectivity index is 1.57. The summed E-state index contributed by atoms with van der Waals surface area (Å²) >= 11 is 0. The van der Waals surface area contributed by atoms with Gasteiger partial charge in [-0.05, 0) is 55.2 Å². The largest absolute Gasteiger partial charge is 0.481 e. The van der Waals surface area contributed by atoms with Gasteiger partial charge in [0.25, 0.3) is 0 Å². The maximum atomic E-state index is 14.2. The minimum atomic E-state index is -1.77. The molecule has 3 fully saturated rings. The summed E-state index contributed by atoms with van der Waals surface area (Å²) in [6.07, 6.45) is 2.80. The fourth-order valence-corrected chi connectivity index (χ4v) is 9.05. The molecule has 1 spiro atoms. The Morgan fingerprint density at radius 3 is 2.42 bits per heavy atom. The summed E-state index contributed by atoms with van der Waals surface area (Å²) in [6, 6.07) is 0. The average Bonchev–Trinajstić information content (AvgIpc) is 3.48. The number of carboxylic acid groups (broad SMARTS) is 1. The summed E-state index contributed by atoms with van der Waals surface area (Å²) < 4.78 is 6.54. The smallest absolute Gasteiger partial charge is 0.306 e. The monoisotopic (exact) mass is 528 g/mol. The van der Waals surface area contributed by atoms with E-state index in [-0.39, 0.29) is 42.0 Å². The van der Waals surface area contributed by atoms with E-state index in [1.165, 1.54) is 19.9 Å². The number of aliphatic carboxylic acids is 1. The average molecular weight is 529 g/mol. The molecule has 8 heteroatoms. The second-order valence-electron chi connectivity index (χ2n) is 13.9. The maximum Gasteiger partial charge on any atom is 0.306 e. The van der Waals surface area contributed by atoms with Gasteiger partial charge in [0.1, 0.15) is 17.2 Å². The van der Waals surface area contributed by atoms with Crippen LogP contribution < -0.4 is 0 Å². The molecule has 5 rings (SSSR count). The van der Waals surface area contributed by atoms with Gasteiger partial charge in [0.2, 0.25) is 0 Å². The molecule has 208 valence electrons. The minimum Gasteiger partial charge on any atom is -0.481 e. The van der Waals surface area contributed by atoms with Crippen molar-refractivity contribution < 1.29 is 39.2 Å². The van der Waals surface area contributed by atoms with Crippen molar-refractivity contribution in [2.24, 2.45) is 33.5 Å². The number of allylic oxidation sites excluding steroid dienone is 1. The first-order valence-electron chi connectivity index (χ1n) is 13.7. The number of ether oxygens (including phenoxy) is 1. The highest BCUT2D eigenvalue weighted by molar-refractivity contribution is 6.02. The Hall–Kier alpha value is -2.16. The number of Topliss-reactive ketones (excluding diaryl/α,β-unsaturated/α-hetero) is 2. The Bertz CT molecular complexity index is 1220.